The first-order chi connectivity index (χ1) is 10.2. The predicted molar refractivity (Wildman–Crippen MR) is 90.1 cm³/mol. The number of anilines is 1. The molecule has 1 aliphatic carbocycles. The van der Waals surface area contributed by atoms with Gasteiger partial charge in [0.25, 0.3) is 5.91 Å². The van der Waals surface area contributed by atoms with Crippen molar-refractivity contribution in [1.82, 2.24) is 10.3 Å². The highest BCUT2D eigenvalue weighted by atomic mass is 32.2. The molecule has 5 heteroatoms. The average Bonchev–Trinajstić information content (AvgIpc) is 3.00. The minimum absolute atomic E-state index is 0.00252. The number of hydrogen-bond donors (Lipinski definition) is 2. The number of hydrogen-bond acceptors (Lipinski definition) is 4. The number of nitrogens with one attached hydrogen (secondary N) is 2. The number of pyridine rings is 1. The molecule has 1 fully saturated rings. The van der Waals surface area contributed by atoms with E-state index >= 15 is 0 Å². The molecule has 0 atom stereocenters. The van der Waals surface area contributed by atoms with Gasteiger partial charge < -0.3 is 10.6 Å². The van der Waals surface area contributed by atoms with Crippen LogP contribution in [-0.4, -0.2) is 35.0 Å². The number of carbonyl (C=O) groups is 1. The molecule has 1 aromatic rings. The average molecular weight is 307 g/mol. The van der Waals surface area contributed by atoms with Crippen LogP contribution in [0.3, 0.4) is 0 Å². The van der Waals surface area contributed by atoms with Crippen molar-refractivity contribution in [1.29, 1.82) is 0 Å². The fourth-order valence-electron chi connectivity index (χ4n) is 2.74. The van der Waals surface area contributed by atoms with E-state index in [1.165, 1.54) is 25.7 Å². The molecule has 1 saturated carbocycles. The summed E-state index contributed by atoms with van der Waals surface area (Å²) in [7, 11) is 0. The van der Waals surface area contributed by atoms with Gasteiger partial charge in [-0.25, -0.2) is 4.98 Å². The van der Waals surface area contributed by atoms with E-state index in [0.29, 0.717) is 5.56 Å². The summed E-state index contributed by atoms with van der Waals surface area (Å²) in [5, 5.41) is 6.31. The Hall–Kier alpha value is -1.23. The molecule has 0 aromatic carbocycles. The summed E-state index contributed by atoms with van der Waals surface area (Å²) in [6, 6.07) is 3.60. The smallest absolute Gasteiger partial charge is 0.251 e. The molecule has 0 aliphatic heterocycles. The van der Waals surface area contributed by atoms with Gasteiger partial charge in [-0.3, -0.25) is 4.79 Å². The van der Waals surface area contributed by atoms with Gasteiger partial charge in [0, 0.05) is 29.6 Å². The molecule has 2 N–H and O–H groups in total. The van der Waals surface area contributed by atoms with Crippen LogP contribution < -0.4 is 10.6 Å². The van der Waals surface area contributed by atoms with Crippen LogP contribution in [0.2, 0.25) is 0 Å². The summed E-state index contributed by atoms with van der Waals surface area (Å²) in [6.07, 6.45) is 9.83. The second-order valence-electron chi connectivity index (χ2n) is 5.63. The van der Waals surface area contributed by atoms with Gasteiger partial charge in [-0.15, -0.1) is 0 Å². The summed E-state index contributed by atoms with van der Waals surface area (Å²) in [4.78, 5) is 16.5. The molecule has 1 aliphatic rings. The molecule has 0 bridgehead atoms. The van der Waals surface area contributed by atoms with E-state index in [4.69, 9.17) is 0 Å². The lowest BCUT2D eigenvalue weighted by molar-refractivity contribution is 0.0949. The zero-order valence-corrected chi connectivity index (χ0v) is 13.8. The summed E-state index contributed by atoms with van der Waals surface area (Å²) in [6.45, 7) is 3.73. The molecular formula is C16H25N3OS. The van der Waals surface area contributed by atoms with E-state index < -0.39 is 0 Å². The predicted octanol–water partition coefficient (Wildman–Crippen LogP) is 3.31. The molecule has 0 unspecified atom stereocenters. The van der Waals surface area contributed by atoms with E-state index in [2.05, 4.69) is 28.8 Å². The zero-order chi connectivity index (χ0) is 15.1. The second kappa shape index (κ2) is 7.69. The van der Waals surface area contributed by atoms with E-state index in [-0.39, 0.29) is 10.7 Å². The number of rotatable bonds is 7. The zero-order valence-electron chi connectivity index (χ0n) is 12.9. The maximum atomic E-state index is 12.3. The van der Waals surface area contributed by atoms with Gasteiger partial charge in [0.1, 0.15) is 5.82 Å². The third kappa shape index (κ3) is 4.37. The van der Waals surface area contributed by atoms with Gasteiger partial charge in [-0.05, 0) is 37.7 Å². The van der Waals surface area contributed by atoms with Crippen LogP contribution in [0.5, 0.6) is 0 Å². The van der Waals surface area contributed by atoms with Crippen LogP contribution in [0.25, 0.3) is 0 Å². The molecule has 0 spiro atoms. The Morgan fingerprint density at radius 2 is 2.19 bits per heavy atom. The number of carbonyl (C=O) groups excluding carboxylic acids is 1. The van der Waals surface area contributed by atoms with E-state index in [1.54, 1.807) is 12.3 Å². The molecule has 1 heterocycles. The minimum atomic E-state index is -0.00252. The van der Waals surface area contributed by atoms with Crippen molar-refractivity contribution >= 4 is 23.5 Å². The Bertz CT molecular complexity index is 472. The fourth-order valence-corrected chi connectivity index (χ4v) is 3.65. The molecule has 21 heavy (non-hydrogen) atoms. The van der Waals surface area contributed by atoms with Crippen molar-refractivity contribution in [2.45, 2.75) is 43.8 Å². The molecule has 116 valence electrons. The van der Waals surface area contributed by atoms with Crippen molar-refractivity contribution in [2.24, 2.45) is 0 Å². The van der Waals surface area contributed by atoms with Crippen LogP contribution in [0.4, 0.5) is 5.82 Å². The lowest BCUT2D eigenvalue weighted by Gasteiger charge is -2.26. The molecule has 4 nitrogen and oxygen atoms in total. The first-order valence-corrected chi connectivity index (χ1v) is 8.95. The van der Waals surface area contributed by atoms with Crippen molar-refractivity contribution in [3.8, 4) is 0 Å². The van der Waals surface area contributed by atoms with E-state index in [0.717, 1.165) is 25.3 Å². The summed E-state index contributed by atoms with van der Waals surface area (Å²) in [5.74, 6) is 0.766. The van der Waals surface area contributed by atoms with Gasteiger partial charge in [0.15, 0.2) is 0 Å². The summed E-state index contributed by atoms with van der Waals surface area (Å²) in [5.41, 5.74) is 0.679. The molecule has 2 rings (SSSR count). The van der Waals surface area contributed by atoms with Crippen LogP contribution in [0.15, 0.2) is 18.3 Å². The number of nitrogens with zero attached hydrogens (tertiary/aromatic N) is 1. The minimum Gasteiger partial charge on any atom is -0.370 e. The van der Waals surface area contributed by atoms with Crippen molar-refractivity contribution < 1.29 is 4.79 Å². The normalized spacial score (nSPS) is 16.7. The van der Waals surface area contributed by atoms with Crippen LogP contribution in [0, 0.1) is 0 Å². The van der Waals surface area contributed by atoms with Gasteiger partial charge in [0.2, 0.25) is 0 Å². The first kappa shape index (κ1) is 16.1. The van der Waals surface area contributed by atoms with Crippen molar-refractivity contribution in [2.75, 3.05) is 24.7 Å². The summed E-state index contributed by atoms with van der Waals surface area (Å²) >= 11 is 1.89. The second-order valence-corrected chi connectivity index (χ2v) is 6.91. The third-order valence-electron chi connectivity index (χ3n) is 4.10. The van der Waals surface area contributed by atoms with Crippen LogP contribution >= 0.6 is 11.8 Å². The highest BCUT2D eigenvalue weighted by Crippen LogP contribution is 2.39. The molecule has 0 radical (unpaired) electrons. The van der Waals surface area contributed by atoms with E-state index in [9.17, 15) is 4.79 Å². The third-order valence-corrected chi connectivity index (χ3v) is 5.52. The largest absolute Gasteiger partial charge is 0.370 e. The SMILES string of the molecule is CCCNc1cc(C(=O)NCC2(SC)CCCC2)ccn1. The maximum Gasteiger partial charge on any atom is 0.251 e. The maximum absolute atomic E-state index is 12.3. The van der Waals surface area contributed by atoms with E-state index in [1.807, 2.05) is 17.8 Å². The fraction of sp³-hybridized carbons (Fsp3) is 0.625. The quantitative estimate of drug-likeness (QED) is 0.811. The van der Waals surface area contributed by atoms with Gasteiger partial charge in [-0.1, -0.05) is 19.8 Å². The standard InChI is InChI=1S/C16H25N3OS/c1-3-9-17-14-11-13(6-10-18-14)15(20)19-12-16(21-2)7-4-5-8-16/h6,10-11H,3-5,7-9,12H2,1-2H3,(H,17,18)(H,19,20). The number of aromatic nitrogens is 1. The van der Waals surface area contributed by atoms with Crippen LogP contribution in [-0.2, 0) is 0 Å². The number of amides is 1. The van der Waals surface area contributed by atoms with Crippen LogP contribution in [0.1, 0.15) is 49.4 Å². The molecule has 1 amide bonds. The Kier molecular flexibility index (Phi) is 5.91. The Balaban J connectivity index is 1.93. The lowest BCUT2D eigenvalue weighted by atomic mass is 10.1. The first-order valence-electron chi connectivity index (χ1n) is 7.72. The van der Waals surface area contributed by atoms with Crippen molar-refractivity contribution in [3.63, 3.8) is 0 Å². The Labute approximate surface area is 131 Å². The Morgan fingerprint density at radius 3 is 2.86 bits per heavy atom. The van der Waals surface area contributed by atoms with Crippen molar-refractivity contribution in [3.05, 3.63) is 23.9 Å². The Morgan fingerprint density at radius 1 is 1.43 bits per heavy atom. The lowest BCUT2D eigenvalue weighted by Crippen LogP contribution is -2.38. The monoisotopic (exact) mass is 307 g/mol. The van der Waals surface area contributed by atoms with Gasteiger partial charge in [-0.2, -0.15) is 11.8 Å². The molecule has 0 saturated heterocycles. The number of thioether (sulfide) groups is 1. The van der Waals surface area contributed by atoms with Gasteiger partial charge in [0.05, 0.1) is 0 Å². The summed E-state index contributed by atoms with van der Waals surface area (Å²) < 4.78 is 0.242. The molecular weight excluding hydrogens is 282 g/mol. The molecule has 1 aromatic heterocycles. The highest BCUT2D eigenvalue weighted by Gasteiger charge is 2.33. The topological polar surface area (TPSA) is 54.0 Å². The highest BCUT2D eigenvalue weighted by molar-refractivity contribution is 8.00. The van der Waals surface area contributed by atoms with Gasteiger partial charge >= 0.3 is 0 Å².